The van der Waals surface area contributed by atoms with Crippen LogP contribution in [-0.2, 0) is 44.6 Å². The van der Waals surface area contributed by atoms with Crippen molar-refractivity contribution in [1.82, 2.24) is 0 Å². The number of aliphatic hydroxyl groups is 1. The largest absolute Gasteiger partial charge is 0.507 e. The first-order valence-corrected chi connectivity index (χ1v) is 15.8. The molecule has 2 aromatic rings. The van der Waals surface area contributed by atoms with Gasteiger partial charge in [0.25, 0.3) is 0 Å². The van der Waals surface area contributed by atoms with Crippen LogP contribution in [0.3, 0.4) is 0 Å². The molecule has 0 aromatic heterocycles. The summed E-state index contributed by atoms with van der Waals surface area (Å²) < 4.78 is 15.9. The normalized spacial score (nSPS) is 18.6. The second-order valence-electron chi connectivity index (χ2n) is 10.9. The molecule has 5 rings (SSSR count). The maximum Gasteiger partial charge on any atom is 0.350 e. The van der Waals surface area contributed by atoms with E-state index in [1.807, 2.05) is 0 Å². The van der Waals surface area contributed by atoms with Crippen LogP contribution in [0.15, 0.2) is 42.2 Å². The Morgan fingerprint density at radius 1 is 0.844 bits per heavy atom. The second-order valence-corrected chi connectivity index (χ2v) is 12.6. The summed E-state index contributed by atoms with van der Waals surface area (Å²) >= 11 is 23.8. The van der Waals surface area contributed by atoms with Crippen molar-refractivity contribution < 1.29 is 43.3 Å². The number of hydrogen-bond acceptors (Lipinski definition) is 9. The molecule has 1 heterocycles. The molecule has 45 heavy (non-hydrogen) atoms. The number of ketones is 2. The molecule has 2 fully saturated rings. The molecule has 2 aromatic carbocycles. The van der Waals surface area contributed by atoms with Gasteiger partial charge in [0, 0.05) is 72.0 Å². The number of rotatable bonds is 6. The zero-order valence-corrected chi connectivity index (χ0v) is 27.3. The molecule has 2 saturated carbocycles. The number of aliphatic hydroxyl groups excluding tert-OH is 1. The number of carbonyl (C=O) groups is 5. The number of hydrogen-bond donors (Lipinski definition) is 1. The summed E-state index contributed by atoms with van der Waals surface area (Å²) in [6.45, 7) is 1.85. The van der Waals surface area contributed by atoms with E-state index in [9.17, 15) is 29.1 Å². The Kier molecular flexibility index (Phi) is 11.2. The zero-order chi connectivity index (χ0) is 32.9. The Hall–Kier alpha value is -3.11. The topological polar surface area (TPSA) is 133 Å². The van der Waals surface area contributed by atoms with E-state index in [0.717, 1.165) is 0 Å². The lowest BCUT2D eigenvalue weighted by Gasteiger charge is -2.33. The van der Waals surface area contributed by atoms with Crippen molar-refractivity contribution in [3.8, 4) is 0 Å². The highest BCUT2D eigenvalue weighted by Crippen LogP contribution is 2.46. The Labute approximate surface area is 279 Å². The van der Waals surface area contributed by atoms with Crippen LogP contribution in [0, 0.1) is 0 Å². The van der Waals surface area contributed by atoms with E-state index in [1.165, 1.54) is 12.1 Å². The number of halogens is 4. The molecule has 1 spiro atoms. The SMILES string of the molecule is CCOC(=O)C1(OC(=O)Cc2ccc(Cl)cc2Cl)CCC(=O)CC1.O=C1CCC2(CC1)OC(=O)C(c1ccc(Cl)cc1Cl)=C2O. The molecule has 9 nitrogen and oxygen atoms in total. The molecule has 0 bridgehead atoms. The number of esters is 3. The van der Waals surface area contributed by atoms with E-state index >= 15 is 0 Å². The van der Waals surface area contributed by atoms with Crippen LogP contribution < -0.4 is 0 Å². The third-order valence-corrected chi connectivity index (χ3v) is 9.03. The lowest BCUT2D eigenvalue weighted by Crippen LogP contribution is -2.47. The third-order valence-electron chi connectivity index (χ3n) is 7.90. The summed E-state index contributed by atoms with van der Waals surface area (Å²) in [5, 5.41) is 12.0. The Morgan fingerprint density at radius 3 is 1.96 bits per heavy atom. The summed E-state index contributed by atoms with van der Waals surface area (Å²) in [5.41, 5.74) is -1.47. The van der Waals surface area contributed by atoms with Gasteiger partial charge in [0.2, 0.25) is 5.60 Å². The van der Waals surface area contributed by atoms with Crippen molar-refractivity contribution in [3.63, 3.8) is 0 Å². The number of ether oxygens (including phenoxy) is 3. The Morgan fingerprint density at radius 2 is 1.40 bits per heavy atom. The van der Waals surface area contributed by atoms with Crippen LogP contribution in [0.25, 0.3) is 5.57 Å². The first-order valence-electron chi connectivity index (χ1n) is 14.3. The van der Waals surface area contributed by atoms with E-state index in [4.69, 9.17) is 60.6 Å². The molecule has 0 amide bonds. The molecule has 13 heteroatoms. The van der Waals surface area contributed by atoms with Gasteiger partial charge in [-0.3, -0.25) is 14.4 Å². The van der Waals surface area contributed by atoms with Crippen LogP contribution in [0.4, 0.5) is 0 Å². The predicted molar refractivity (Wildman–Crippen MR) is 167 cm³/mol. The Balaban J connectivity index is 0.000000206. The lowest BCUT2D eigenvalue weighted by molar-refractivity contribution is -0.186. The summed E-state index contributed by atoms with van der Waals surface area (Å²) in [5.74, 6) is -1.79. The zero-order valence-electron chi connectivity index (χ0n) is 24.3. The van der Waals surface area contributed by atoms with Crippen LogP contribution in [0.1, 0.15) is 69.4 Å². The van der Waals surface area contributed by atoms with Gasteiger partial charge in [0.15, 0.2) is 11.4 Å². The monoisotopic (exact) mass is 698 g/mol. The highest BCUT2D eigenvalue weighted by Gasteiger charge is 2.50. The molecule has 240 valence electrons. The maximum atomic E-state index is 12.3. The molecule has 0 unspecified atom stereocenters. The van der Waals surface area contributed by atoms with Gasteiger partial charge >= 0.3 is 17.9 Å². The van der Waals surface area contributed by atoms with Crippen molar-refractivity contribution in [3.05, 3.63) is 73.4 Å². The van der Waals surface area contributed by atoms with E-state index in [2.05, 4.69) is 0 Å². The summed E-state index contributed by atoms with van der Waals surface area (Å²) in [6, 6.07) is 9.45. The van der Waals surface area contributed by atoms with Crippen molar-refractivity contribution in [2.75, 3.05) is 6.61 Å². The minimum absolute atomic E-state index is 0.0479. The second kappa shape index (κ2) is 14.5. The third kappa shape index (κ3) is 8.01. The smallest absolute Gasteiger partial charge is 0.350 e. The van der Waals surface area contributed by atoms with Crippen molar-refractivity contribution >= 4 is 81.5 Å². The average Bonchev–Trinajstić information content (AvgIpc) is 3.22. The van der Waals surface area contributed by atoms with E-state index in [0.29, 0.717) is 51.9 Å². The summed E-state index contributed by atoms with van der Waals surface area (Å²) in [6.07, 6.45) is 1.76. The number of carbonyl (C=O) groups excluding carboxylic acids is 5. The van der Waals surface area contributed by atoms with Crippen LogP contribution in [0.5, 0.6) is 0 Å². The molecule has 1 aliphatic heterocycles. The fraction of sp³-hybridized carbons (Fsp3) is 0.406. The number of Topliss-reactive ketones (excluding diaryl/α,β-unsaturated/α-hetero) is 2. The first-order chi connectivity index (χ1) is 21.3. The number of benzene rings is 2. The van der Waals surface area contributed by atoms with Crippen molar-refractivity contribution in [2.45, 2.75) is 75.9 Å². The lowest BCUT2D eigenvalue weighted by atomic mass is 9.82. The standard InChI is InChI=1S/C17H18Cl2O5.C15H12Cl2O4/c1-2-23-16(22)17(7-5-13(20)6-8-17)24-15(21)9-11-3-4-12(18)10-14(11)19;16-8-1-2-10(11(17)7-8)12-13(19)15(21-14(12)20)5-3-9(18)4-6-15/h3-4,10H,2,5-9H2,1H3;1-2,7,19H,3-6H2. The minimum atomic E-state index is -1.39. The van der Waals surface area contributed by atoms with Gasteiger partial charge in [-0.25, -0.2) is 9.59 Å². The van der Waals surface area contributed by atoms with Gasteiger partial charge in [-0.1, -0.05) is 58.5 Å². The van der Waals surface area contributed by atoms with Crippen LogP contribution in [0.2, 0.25) is 20.1 Å². The highest BCUT2D eigenvalue weighted by atomic mass is 35.5. The highest BCUT2D eigenvalue weighted by molar-refractivity contribution is 6.37. The predicted octanol–water partition coefficient (Wildman–Crippen LogP) is 7.23. The Bertz CT molecular complexity index is 1550. The van der Waals surface area contributed by atoms with Crippen LogP contribution >= 0.6 is 46.4 Å². The molecule has 0 saturated heterocycles. The molecule has 0 atom stereocenters. The fourth-order valence-electron chi connectivity index (χ4n) is 5.42. The molecule has 2 aliphatic carbocycles. The van der Waals surface area contributed by atoms with Gasteiger partial charge in [-0.2, -0.15) is 0 Å². The van der Waals surface area contributed by atoms with Gasteiger partial charge in [-0.15, -0.1) is 0 Å². The van der Waals surface area contributed by atoms with Gasteiger partial charge < -0.3 is 19.3 Å². The first kappa shape index (κ1) is 34.8. The van der Waals surface area contributed by atoms with E-state index in [1.54, 1.807) is 31.2 Å². The average molecular weight is 700 g/mol. The molecular formula is C32H30Cl4O9. The van der Waals surface area contributed by atoms with Crippen molar-refractivity contribution in [1.29, 1.82) is 0 Å². The van der Waals surface area contributed by atoms with Crippen molar-refractivity contribution in [2.24, 2.45) is 0 Å². The quantitative estimate of drug-likeness (QED) is 0.245. The van der Waals surface area contributed by atoms with E-state index < -0.39 is 29.1 Å². The van der Waals surface area contributed by atoms with Gasteiger partial charge in [0.05, 0.1) is 18.1 Å². The summed E-state index contributed by atoms with van der Waals surface area (Å²) in [7, 11) is 0. The maximum absolute atomic E-state index is 12.3. The van der Waals surface area contributed by atoms with Crippen LogP contribution in [-0.4, -0.2) is 52.4 Å². The molecule has 1 N–H and O–H groups in total. The van der Waals surface area contributed by atoms with Gasteiger partial charge in [0.1, 0.15) is 17.1 Å². The molecule has 3 aliphatic rings. The minimum Gasteiger partial charge on any atom is -0.507 e. The molecular weight excluding hydrogens is 670 g/mol. The summed E-state index contributed by atoms with van der Waals surface area (Å²) in [4.78, 5) is 59.6. The van der Waals surface area contributed by atoms with Gasteiger partial charge in [-0.05, 0) is 36.8 Å². The fourth-order valence-corrected chi connectivity index (χ4v) is 6.40. The molecule has 0 radical (unpaired) electrons. The van der Waals surface area contributed by atoms with E-state index in [-0.39, 0.29) is 66.6 Å².